The molecule has 0 fully saturated rings. The zero-order valence-corrected chi connectivity index (χ0v) is 11.1. The molecule has 18 heavy (non-hydrogen) atoms. The van der Waals surface area contributed by atoms with Crippen LogP contribution in [0.1, 0.15) is 22.0 Å². The quantitative estimate of drug-likeness (QED) is 0.912. The molecule has 2 aromatic rings. The van der Waals surface area contributed by atoms with Gasteiger partial charge >= 0.3 is 0 Å². The average Bonchev–Trinajstić information content (AvgIpc) is 2.89. The molecular formula is C13H12BrNO3. The van der Waals surface area contributed by atoms with Gasteiger partial charge < -0.3 is 14.8 Å². The van der Waals surface area contributed by atoms with Crippen LogP contribution in [0.2, 0.25) is 0 Å². The molecule has 0 unspecified atom stereocenters. The largest absolute Gasteiger partial charge is 0.472 e. The smallest absolute Gasteiger partial charge is 0.254 e. The third-order valence-corrected chi connectivity index (χ3v) is 2.97. The van der Waals surface area contributed by atoms with Crippen molar-refractivity contribution in [3.63, 3.8) is 0 Å². The molecule has 5 heteroatoms. The van der Waals surface area contributed by atoms with E-state index in [0.29, 0.717) is 5.56 Å². The van der Waals surface area contributed by atoms with Crippen molar-refractivity contribution in [2.75, 3.05) is 6.54 Å². The summed E-state index contributed by atoms with van der Waals surface area (Å²) in [5.74, 6) is -0.266. The van der Waals surface area contributed by atoms with Crippen LogP contribution in [-0.2, 0) is 0 Å². The van der Waals surface area contributed by atoms with Gasteiger partial charge in [0, 0.05) is 11.0 Å². The van der Waals surface area contributed by atoms with E-state index in [-0.39, 0.29) is 12.5 Å². The predicted molar refractivity (Wildman–Crippen MR) is 70.1 cm³/mol. The maximum Gasteiger partial charge on any atom is 0.254 e. The van der Waals surface area contributed by atoms with Gasteiger partial charge in [-0.3, -0.25) is 4.79 Å². The van der Waals surface area contributed by atoms with Crippen molar-refractivity contribution in [1.29, 1.82) is 0 Å². The van der Waals surface area contributed by atoms with Crippen LogP contribution >= 0.6 is 15.9 Å². The molecule has 1 atom stereocenters. The number of furan rings is 1. The van der Waals surface area contributed by atoms with Crippen LogP contribution in [-0.4, -0.2) is 17.6 Å². The lowest BCUT2D eigenvalue weighted by Crippen LogP contribution is -2.28. The number of halogens is 1. The zero-order valence-electron chi connectivity index (χ0n) is 9.47. The molecule has 0 bridgehead atoms. The van der Waals surface area contributed by atoms with Crippen LogP contribution in [0.4, 0.5) is 0 Å². The highest BCUT2D eigenvalue weighted by Crippen LogP contribution is 2.17. The molecule has 0 saturated heterocycles. The number of amides is 1. The summed E-state index contributed by atoms with van der Waals surface area (Å²) < 4.78 is 5.70. The van der Waals surface area contributed by atoms with Crippen molar-refractivity contribution in [3.8, 4) is 0 Å². The van der Waals surface area contributed by atoms with Gasteiger partial charge in [-0.1, -0.05) is 28.1 Å². The highest BCUT2D eigenvalue weighted by atomic mass is 79.9. The van der Waals surface area contributed by atoms with Gasteiger partial charge in [-0.15, -0.1) is 0 Å². The van der Waals surface area contributed by atoms with Gasteiger partial charge in [0.25, 0.3) is 5.91 Å². The van der Waals surface area contributed by atoms with Crippen LogP contribution in [0.25, 0.3) is 0 Å². The standard InChI is InChI=1S/C13H12BrNO3/c14-11-3-1-2-9(6-11)12(16)7-15-13(17)10-4-5-18-8-10/h1-6,8,12,16H,7H2,(H,15,17)/t12-/m0/s1. The van der Waals surface area contributed by atoms with Crippen molar-refractivity contribution in [2.24, 2.45) is 0 Å². The molecule has 0 spiro atoms. The number of hydrogen-bond acceptors (Lipinski definition) is 3. The highest BCUT2D eigenvalue weighted by molar-refractivity contribution is 9.10. The van der Waals surface area contributed by atoms with Gasteiger partial charge in [0.15, 0.2) is 0 Å². The van der Waals surface area contributed by atoms with Gasteiger partial charge in [-0.2, -0.15) is 0 Å². The number of carbonyl (C=O) groups is 1. The van der Waals surface area contributed by atoms with Crippen molar-refractivity contribution < 1.29 is 14.3 Å². The Morgan fingerprint density at radius 3 is 2.94 bits per heavy atom. The van der Waals surface area contributed by atoms with E-state index < -0.39 is 6.10 Å². The maximum absolute atomic E-state index is 11.6. The zero-order chi connectivity index (χ0) is 13.0. The van der Waals surface area contributed by atoms with Crippen molar-refractivity contribution in [1.82, 2.24) is 5.32 Å². The van der Waals surface area contributed by atoms with E-state index >= 15 is 0 Å². The Labute approximate surface area is 113 Å². The summed E-state index contributed by atoms with van der Waals surface area (Å²) in [6, 6.07) is 8.90. The molecule has 0 aliphatic rings. The van der Waals surface area contributed by atoms with Crippen LogP contribution < -0.4 is 5.32 Å². The van der Waals surface area contributed by atoms with E-state index in [2.05, 4.69) is 21.2 Å². The molecule has 1 amide bonds. The normalized spacial score (nSPS) is 12.1. The lowest BCUT2D eigenvalue weighted by atomic mass is 10.1. The Morgan fingerprint density at radius 1 is 1.44 bits per heavy atom. The number of nitrogens with one attached hydrogen (secondary N) is 1. The van der Waals surface area contributed by atoms with Crippen LogP contribution in [0.3, 0.4) is 0 Å². The first-order chi connectivity index (χ1) is 8.66. The van der Waals surface area contributed by atoms with E-state index in [1.165, 1.54) is 12.5 Å². The van der Waals surface area contributed by atoms with E-state index in [1.54, 1.807) is 12.1 Å². The van der Waals surface area contributed by atoms with Gasteiger partial charge in [-0.05, 0) is 23.8 Å². The predicted octanol–water partition coefficient (Wildman–Crippen LogP) is 2.51. The lowest BCUT2D eigenvalue weighted by molar-refractivity contribution is 0.0915. The lowest BCUT2D eigenvalue weighted by Gasteiger charge is -2.12. The second kappa shape index (κ2) is 5.84. The Bertz CT molecular complexity index is 525. The Kier molecular flexibility index (Phi) is 4.17. The average molecular weight is 310 g/mol. The summed E-state index contributed by atoms with van der Waals surface area (Å²) in [4.78, 5) is 11.6. The molecule has 4 nitrogen and oxygen atoms in total. The minimum Gasteiger partial charge on any atom is -0.472 e. The number of aliphatic hydroxyl groups excluding tert-OH is 1. The van der Waals surface area contributed by atoms with E-state index in [9.17, 15) is 9.90 Å². The molecule has 1 aromatic heterocycles. The number of carbonyl (C=O) groups excluding carboxylic acids is 1. The Balaban J connectivity index is 1.92. The fourth-order valence-corrected chi connectivity index (χ4v) is 1.93. The van der Waals surface area contributed by atoms with Crippen molar-refractivity contribution >= 4 is 21.8 Å². The number of benzene rings is 1. The molecule has 1 aromatic carbocycles. The summed E-state index contributed by atoms with van der Waals surface area (Å²) in [5.41, 5.74) is 1.19. The second-order valence-electron chi connectivity index (χ2n) is 3.79. The summed E-state index contributed by atoms with van der Waals surface area (Å²) in [7, 11) is 0. The Hall–Kier alpha value is -1.59. The number of rotatable bonds is 4. The highest BCUT2D eigenvalue weighted by Gasteiger charge is 2.11. The molecule has 1 heterocycles. The van der Waals surface area contributed by atoms with Gasteiger partial charge in [0.1, 0.15) is 6.26 Å². The van der Waals surface area contributed by atoms with E-state index in [1.807, 2.05) is 18.2 Å². The Morgan fingerprint density at radius 2 is 2.28 bits per heavy atom. The summed E-state index contributed by atoms with van der Waals surface area (Å²) in [6.45, 7) is 0.153. The second-order valence-corrected chi connectivity index (χ2v) is 4.71. The first-order valence-corrected chi connectivity index (χ1v) is 6.20. The third-order valence-electron chi connectivity index (χ3n) is 2.47. The molecule has 94 valence electrons. The maximum atomic E-state index is 11.6. The molecule has 2 N–H and O–H groups in total. The fraction of sp³-hybridized carbons (Fsp3) is 0.154. The molecule has 0 aliphatic carbocycles. The minimum atomic E-state index is -0.738. The molecular weight excluding hydrogens is 298 g/mol. The van der Waals surface area contributed by atoms with Crippen LogP contribution in [0.5, 0.6) is 0 Å². The summed E-state index contributed by atoms with van der Waals surface area (Å²) >= 11 is 3.33. The van der Waals surface area contributed by atoms with Crippen molar-refractivity contribution in [2.45, 2.75) is 6.10 Å². The first-order valence-electron chi connectivity index (χ1n) is 5.41. The monoisotopic (exact) mass is 309 g/mol. The first kappa shape index (κ1) is 12.9. The summed E-state index contributed by atoms with van der Waals surface area (Å²) in [6.07, 6.45) is 2.05. The topological polar surface area (TPSA) is 62.5 Å². The van der Waals surface area contributed by atoms with Gasteiger partial charge in [-0.25, -0.2) is 0 Å². The molecule has 0 saturated carbocycles. The van der Waals surface area contributed by atoms with E-state index in [0.717, 1.165) is 10.0 Å². The number of hydrogen-bond donors (Lipinski definition) is 2. The SMILES string of the molecule is O=C(NC[C@H](O)c1cccc(Br)c1)c1ccoc1. The molecule has 0 radical (unpaired) electrons. The van der Waals surface area contributed by atoms with E-state index in [4.69, 9.17) is 4.42 Å². The van der Waals surface area contributed by atoms with Crippen LogP contribution in [0.15, 0.2) is 51.7 Å². The number of aliphatic hydroxyl groups is 1. The van der Waals surface area contributed by atoms with Crippen LogP contribution in [0, 0.1) is 0 Å². The molecule has 0 aliphatic heterocycles. The van der Waals surface area contributed by atoms with Gasteiger partial charge in [0.05, 0.1) is 17.9 Å². The van der Waals surface area contributed by atoms with Crippen molar-refractivity contribution in [3.05, 3.63) is 58.5 Å². The third kappa shape index (κ3) is 3.21. The fourth-order valence-electron chi connectivity index (χ4n) is 1.52. The molecule has 2 rings (SSSR count). The van der Waals surface area contributed by atoms with Gasteiger partial charge in [0.2, 0.25) is 0 Å². The summed E-state index contributed by atoms with van der Waals surface area (Å²) in [5, 5.41) is 12.6. The minimum absolute atomic E-state index is 0.153.